The highest BCUT2D eigenvalue weighted by Gasteiger charge is 2.13. The zero-order valence-corrected chi connectivity index (χ0v) is 9.80. The van der Waals surface area contributed by atoms with Gasteiger partial charge in [0, 0.05) is 11.6 Å². The molecule has 1 rings (SSSR count). The number of anilines is 1. The molecule has 4 heteroatoms. The third-order valence-electron chi connectivity index (χ3n) is 2.58. The van der Waals surface area contributed by atoms with Crippen LogP contribution < -0.4 is 11.1 Å². The van der Waals surface area contributed by atoms with Crippen LogP contribution in [0.2, 0.25) is 0 Å². The van der Waals surface area contributed by atoms with Gasteiger partial charge in [0.1, 0.15) is 5.82 Å². The summed E-state index contributed by atoms with van der Waals surface area (Å²) < 4.78 is 13.1. The van der Waals surface area contributed by atoms with Crippen molar-refractivity contribution >= 4 is 11.6 Å². The number of hydrogen-bond donors (Lipinski definition) is 2. The predicted octanol–water partition coefficient (Wildman–Crippen LogP) is 2.24. The number of hydrogen-bond acceptors (Lipinski definition) is 2. The van der Waals surface area contributed by atoms with Gasteiger partial charge in [0.2, 0.25) is 0 Å². The summed E-state index contributed by atoms with van der Waals surface area (Å²) >= 11 is 0. The molecule has 0 spiro atoms. The number of carbonyl (C=O) groups excluding carboxylic acids is 1. The van der Waals surface area contributed by atoms with Gasteiger partial charge in [0.25, 0.3) is 5.91 Å². The Bertz CT molecular complexity index is 404. The molecule has 0 saturated carbocycles. The number of benzene rings is 1. The number of halogens is 1. The Kier molecular flexibility index (Phi) is 3.88. The van der Waals surface area contributed by atoms with Crippen molar-refractivity contribution in [1.29, 1.82) is 0 Å². The van der Waals surface area contributed by atoms with E-state index in [4.69, 9.17) is 5.73 Å². The van der Waals surface area contributed by atoms with Crippen LogP contribution in [-0.4, -0.2) is 11.9 Å². The smallest absolute Gasteiger partial charge is 0.251 e. The maximum absolute atomic E-state index is 13.1. The first-order valence-corrected chi connectivity index (χ1v) is 5.32. The Labute approximate surface area is 94.8 Å². The first kappa shape index (κ1) is 12.5. The minimum atomic E-state index is -0.488. The molecule has 0 aliphatic heterocycles. The molecule has 1 aromatic carbocycles. The van der Waals surface area contributed by atoms with Gasteiger partial charge in [-0.25, -0.2) is 4.39 Å². The van der Waals surface area contributed by atoms with Crippen LogP contribution in [0.5, 0.6) is 0 Å². The molecule has 0 aromatic heterocycles. The third-order valence-corrected chi connectivity index (χ3v) is 2.58. The summed E-state index contributed by atoms with van der Waals surface area (Å²) in [5, 5.41) is 2.82. The standard InChI is InChI=1S/C12H17FN2O/c1-4-8(3)15-12(16)9-6-11(14)10(13)5-7(9)2/h5-6,8H,4,14H2,1-3H3,(H,15,16)/t8-/m1/s1. The number of nitrogens with one attached hydrogen (secondary N) is 1. The van der Waals surface area contributed by atoms with Crippen molar-refractivity contribution in [2.24, 2.45) is 0 Å². The van der Waals surface area contributed by atoms with Crippen LogP contribution in [0.15, 0.2) is 12.1 Å². The number of rotatable bonds is 3. The summed E-state index contributed by atoms with van der Waals surface area (Å²) in [6, 6.07) is 2.75. The van der Waals surface area contributed by atoms with Gasteiger partial charge in [0.05, 0.1) is 5.69 Å². The zero-order chi connectivity index (χ0) is 12.3. The van der Waals surface area contributed by atoms with Crippen molar-refractivity contribution in [3.05, 3.63) is 29.1 Å². The lowest BCUT2D eigenvalue weighted by atomic mass is 10.1. The fourth-order valence-electron chi connectivity index (χ4n) is 1.34. The number of amides is 1. The molecule has 0 unspecified atom stereocenters. The highest BCUT2D eigenvalue weighted by molar-refractivity contribution is 5.96. The van der Waals surface area contributed by atoms with E-state index in [9.17, 15) is 9.18 Å². The first-order valence-electron chi connectivity index (χ1n) is 5.32. The minimum absolute atomic E-state index is 0.0000912. The Morgan fingerprint density at radius 2 is 2.19 bits per heavy atom. The van der Waals surface area contributed by atoms with Crippen LogP contribution in [0, 0.1) is 12.7 Å². The quantitative estimate of drug-likeness (QED) is 0.774. The van der Waals surface area contributed by atoms with Gasteiger partial charge < -0.3 is 11.1 Å². The van der Waals surface area contributed by atoms with Gasteiger partial charge in [-0.2, -0.15) is 0 Å². The fourth-order valence-corrected chi connectivity index (χ4v) is 1.34. The maximum Gasteiger partial charge on any atom is 0.251 e. The van der Waals surface area contributed by atoms with E-state index in [1.807, 2.05) is 13.8 Å². The molecule has 0 bridgehead atoms. The predicted molar refractivity (Wildman–Crippen MR) is 62.8 cm³/mol. The second-order valence-electron chi connectivity index (χ2n) is 3.97. The van der Waals surface area contributed by atoms with Gasteiger partial charge in [0.15, 0.2) is 0 Å². The van der Waals surface area contributed by atoms with Crippen LogP contribution in [0.1, 0.15) is 36.2 Å². The highest BCUT2D eigenvalue weighted by atomic mass is 19.1. The van der Waals surface area contributed by atoms with Gasteiger partial charge in [-0.05, 0) is 38.0 Å². The summed E-state index contributed by atoms with van der Waals surface area (Å²) in [4.78, 5) is 11.8. The van der Waals surface area contributed by atoms with Crippen LogP contribution in [0.25, 0.3) is 0 Å². The molecule has 1 atom stereocenters. The lowest BCUT2D eigenvalue weighted by Crippen LogP contribution is -2.32. The largest absolute Gasteiger partial charge is 0.396 e. The third kappa shape index (κ3) is 2.72. The Morgan fingerprint density at radius 3 is 2.75 bits per heavy atom. The highest BCUT2D eigenvalue weighted by Crippen LogP contribution is 2.17. The monoisotopic (exact) mass is 224 g/mol. The van der Waals surface area contributed by atoms with E-state index in [0.29, 0.717) is 11.1 Å². The Balaban J connectivity index is 2.96. The number of nitrogen functional groups attached to an aromatic ring is 1. The molecule has 3 N–H and O–H groups in total. The Hall–Kier alpha value is -1.58. The minimum Gasteiger partial charge on any atom is -0.396 e. The molecule has 16 heavy (non-hydrogen) atoms. The van der Waals surface area contributed by atoms with E-state index in [1.54, 1.807) is 6.92 Å². The molecule has 3 nitrogen and oxygen atoms in total. The van der Waals surface area contributed by atoms with Crippen molar-refractivity contribution in [2.75, 3.05) is 5.73 Å². The normalized spacial score (nSPS) is 12.2. The van der Waals surface area contributed by atoms with Gasteiger partial charge >= 0.3 is 0 Å². The summed E-state index contributed by atoms with van der Waals surface area (Å²) in [5.74, 6) is -0.698. The Morgan fingerprint density at radius 1 is 1.56 bits per heavy atom. The SMILES string of the molecule is CC[C@@H](C)NC(=O)c1cc(N)c(F)cc1C. The number of nitrogens with two attached hydrogens (primary N) is 1. The number of aryl methyl sites for hydroxylation is 1. The molecular formula is C12H17FN2O. The van der Waals surface area contributed by atoms with Crippen molar-refractivity contribution in [3.8, 4) is 0 Å². The van der Waals surface area contributed by atoms with Crippen molar-refractivity contribution < 1.29 is 9.18 Å². The van der Waals surface area contributed by atoms with Gasteiger partial charge in [-0.1, -0.05) is 6.92 Å². The molecule has 0 heterocycles. The van der Waals surface area contributed by atoms with Crippen LogP contribution in [0.4, 0.5) is 10.1 Å². The van der Waals surface area contributed by atoms with E-state index < -0.39 is 5.82 Å². The summed E-state index contributed by atoms with van der Waals surface area (Å²) in [7, 11) is 0. The summed E-state index contributed by atoms with van der Waals surface area (Å²) in [5.41, 5.74) is 6.46. The van der Waals surface area contributed by atoms with E-state index >= 15 is 0 Å². The average Bonchev–Trinajstić information content (AvgIpc) is 2.23. The fraction of sp³-hybridized carbons (Fsp3) is 0.417. The molecule has 0 radical (unpaired) electrons. The van der Waals surface area contributed by atoms with Crippen LogP contribution >= 0.6 is 0 Å². The van der Waals surface area contributed by atoms with Crippen molar-refractivity contribution in [2.45, 2.75) is 33.2 Å². The second kappa shape index (κ2) is 4.96. The molecule has 1 aromatic rings. The van der Waals surface area contributed by atoms with Crippen molar-refractivity contribution in [1.82, 2.24) is 5.32 Å². The molecular weight excluding hydrogens is 207 g/mol. The average molecular weight is 224 g/mol. The topological polar surface area (TPSA) is 55.1 Å². The lowest BCUT2D eigenvalue weighted by molar-refractivity contribution is 0.0938. The lowest BCUT2D eigenvalue weighted by Gasteiger charge is -2.13. The first-order chi connectivity index (χ1) is 7.45. The number of carbonyl (C=O) groups is 1. The van der Waals surface area contributed by atoms with E-state index in [-0.39, 0.29) is 17.6 Å². The maximum atomic E-state index is 13.1. The molecule has 1 amide bonds. The molecule has 0 aliphatic carbocycles. The summed E-state index contributed by atoms with van der Waals surface area (Å²) in [6.07, 6.45) is 0.849. The van der Waals surface area contributed by atoms with Crippen LogP contribution in [0.3, 0.4) is 0 Å². The summed E-state index contributed by atoms with van der Waals surface area (Å²) in [6.45, 7) is 5.59. The van der Waals surface area contributed by atoms with Gasteiger partial charge in [-0.3, -0.25) is 4.79 Å². The second-order valence-corrected chi connectivity index (χ2v) is 3.97. The van der Waals surface area contributed by atoms with Crippen LogP contribution in [-0.2, 0) is 0 Å². The van der Waals surface area contributed by atoms with E-state index in [0.717, 1.165) is 6.42 Å². The van der Waals surface area contributed by atoms with Crippen molar-refractivity contribution in [3.63, 3.8) is 0 Å². The van der Waals surface area contributed by atoms with E-state index in [1.165, 1.54) is 12.1 Å². The zero-order valence-electron chi connectivity index (χ0n) is 9.80. The molecule has 0 fully saturated rings. The molecule has 0 saturated heterocycles. The molecule has 88 valence electrons. The molecule has 0 aliphatic rings. The van der Waals surface area contributed by atoms with Gasteiger partial charge in [-0.15, -0.1) is 0 Å². The van der Waals surface area contributed by atoms with E-state index in [2.05, 4.69) is 5.32 Å².